The largest absolute Gasteiger partial charge is 0.351 e. The van der Waals surface area contributed by atoms with E-state index in [4.69, 9.17) is 0 Å². The number of nitrogens with one attached hydrogen (secondary N) is 1. The maximum absolute atomic E-state index is 12.1. The average molecular weight is 310 g/mol. The standard InChI is InChI=1S/C15H20BrNO/c1-3-15(7-4-8-15)10-17-14(18)12-6-5-11(2)13(16)9-12/h5-6,9H,3-4,7-8,10H2,1-2H3,(H,17,18). The van der Waals surface area contributed by atoms with Crippen LogP contribution < -0.4 is 5.32 Å². The summed E-state index contributed by atoms with van der Waals surface area (Å²) in [4.78, 5) is 12.1. The Balaban J connectivity index is 1.97. The number of benzene rings is 1. The normalized spacial score (nSPS) is 17.1. The van der Waals surface area contributed by atoms with Gasteiger partial charge >= 0.3 is 0 Å². The number of hydrogen-bond donors (Lipinski definition) is 1. The van der Waals surface area contributed by atoms with Gasteiger partial charge in [0.15, 0.2) is 0 Å². The highest BCUT2D eigenvalue weighted by molar-refractivity contribution is 9.10. The minimum absolute atomic E-state index is 0.0374. The van der Waals surface area contributed by atoms with Crippen LogP contribution in [-0.4, -0.2) is 12.5 Å². The summed E-state index contributed by atoms with van der Waals surface area (Å²) < 4.78 is 0.990. The van der Waals surface area contributed by atoms with Gasteiger partial charge in [0.25, 0.3) is 5.91 Å². The molecule has 0 radical (unpaired) electrons. The molecule has 0 bridgehead atoms. The summed E-state index contributed by atoms with van der Waals surface area (Å²) in [6, 6.07) is 5.75. The number of carbonyl (C=O) groups is 1. The number of carbonyl (C=O) groups excluding carboxylic acids is 1. The van der Waals surface area contributed by atoms with E-state index in [1.165, 1.54) is 19.3 Å². The van der Waals surface area contributed by atoms with Crippen molar-refractivity contribution in [3.05, 3.63) is 33.8 Å². The molecule has 1 aromatic rings. The molecule has 1 aliphatic rings. The van der Waals surface area contributed by atoms with Crippen molar-refractivity contribution in [2.24, 2.45) is 5.41 Å². The lowest BCUT2D eigenvalue weighted by Gasteiger charge is -2.41. The van der Waals surface area contributed by atoms with Crippen LogP contribution in [0.3, 0.4) is 0 Å². The molecule has 0 aromatic heterocycles. The fraction of sp³-hybridized carbons (Fsp3) is 0.533. The van der Waals surface area contributed by atoms with Crippen LogP contribution in [0.1, 0.15) is 48.5 Å². The molecule has 0 aliphatic heterocycles. The summed E-state index contributed by atoms with van der Waals surface area (Å²) in [5.41, 5.74) is 2.26. The Morgan fingerprint density at radius 1 is 1.44 bits per heavy atom. The molecule has 2 rings (SSSR count). The number of rotatable bonds is 4. The van der Waals surface area contributed by atoms with Gasteiger partial charge in [-0.3, -0.25) is 4.79 Å². The van der Waals surface area contributed by atoms with Crippen LogP contribution in [0.5, 0.6) is 0 Å². The SMILES string of the molecule is CCC1(CNC(=O)c2ccc(C)c(Br)c2)CCC1. The van der Waals surface area contributed by atoms with Crippen molar-refractivity contribution in [3.63, 3.8) is 0 Å². The van der Waals surface area contributed by atoms with Gasteiger partial charge in [-0.2, -0.15) is 0 Å². The Bertz CT molecular complexity index is 446. The maximum Gasteiger partial charge on any atom is 0.251 e. The first kappa shape index (κ1) is 13.6. The lowest BCUT2D eigenvalue weighted by Crippen LogP contribution is -2.41. The van der Waals surface area contributed by atoms with E-state index in [2.05, 4.69) is 28.2 Å². The summed E-state index contributed by atoms with van der Waals surface area (Å²) in [7, 11) is 0. The first-order chi connectivity index (χ1) is 8.56. The number of amides is 1. The predicted molar refractivity (Wildman–Crippen MR) is 77.8 cm³/mol. The van der Waals surface area contributed by atoms with E-state index < -0.39 is 0 Å². The highest BCUT2D eigenvalue weighted by Gasteiger charge is 2.35. The zero-order valence-electron chi connectivity index (χ0n) is 11.1. The second-order valence-corrected chi connectivity index (χ2v) is 6.21. The molecular weight excluding hydrogens is 290 g/mol. The van der Waals surface area contributed by atoms with Crippen LogP contribution in [-0.2, 0) is 0 Å². The lowest BCUT2D eigenvalue weighted by atomic mass is 9.67. The zero-order chi connectivity index (χ0) is 13.2. The number of halogens is 1. The van der Waals surface area contributed by atoms with Crippen molar-refractivity contribution in [2.75, 3.05) is 6.54 Å². The second kappa shape index (κ2) is 5.43. The van der Waals surface area contributed by atoms with Crippen LogP contribution in [0, 0.1) is 12.3 Å². The van der Waals surface area contributed by atoms with Crippen molar-refractivity contribution in [2.45, 2.75) is 39.5 Å². The molecule has 2 nitrogen and oxygen atoms in total. The summed E-state index contributed by atoms with van der Waals surface area (Å²) in [6.45, 7) is 5.05. The van der Waals surface area contributed by atoms with Crippen molar-refractivity contribution < 1.29 is 4.79 Å². The third kappa shape index (κ3) is 2.77. The van der Waals surface area contributed by atoms with Gasteiger partial charge in [-0.15, -0.1) is 0 Å². The Kier molecular flexibility index (Phi) is 4.10. The summed E-state index contributed by atoms with van der Waals surface area (Å²) >= 11 is 3.46. The van der Waals surface area contributed by atoms with E-state index in [0.717, 1.165) is 28.6 Å². The summed E-state index contributed by atoms with van der Waals surface area (Å²) in [6.07, 6.45) is 4.97. The van der Waals surface area contributed by atoms with Crippen LogP contribution in [0.4, 0.5) is 0 Å². The lowest BCUT2D eigenvalue weighted by molar-refractivity contribution is 0.0850. The average Bonchev–Trinajstić information content (AvgIpc) is 2.31. The van der Waals surface area contributed by atoms with Crippen LogP contribution in [0.15, 0.2) is 22.7 Å². The molecule has 1 fully saturated rings. The smallest absolute Gasteiger partial charge is 0.251 e. The van der Waals surface area contributed by atoms with Gasteiger partial charge in [0, 0.05) is 16.6 Å². The van der Waals surface area contributed by atoms with E-state index in [9.17, 15) is 4.79 Å². The molecule has 3 heteroatoms. The quantitative estimate of drug-likeness (QED) is 0.892. The molecule has 1 amide bonds. The molecule has 0 atom stereocenters. The molecular formula is C15H20BrNO. The van der Waals surface area contributed by atoms with E-state index in [1.54, 1.807) is 0 Å². The van der Waals surface area contributed by atoms with Crippen LogP contribution in [0.25, 0.3) is 0 Å². The molecule has 0 saturated heterocycles. The van der Waals surface area contributed by atoms with Gasteiger partial charge in [0.2, 0.25) is 0 Å². The summed E-state index contributed by atoms with van der Waals surface area (Å²) in [5, 5.41) is 3.08. The number of aryl methyl sites for hydroxylation is 1. The molecule has 0 unspecified atom stereocenters. The van der Waals surface area contributed by atoms with Crippen molar-refractivity contribution in [1.29, 1.82) is 0 Å². The highest BCUT2D eigenvalue weighted by Crippen LogP contribution is 2.43. The molecule has 1 saturated carbocycles. The van der Waals surface area contributed by atoms with Gasteiger partial charge in [-0.25, -0.2) is 0 Å². The van der Waals surface area contributed by atoms with E-state index in [1.807, 2.05) is 25.1 Å². The van der Waals surface area contributed by atoms with Crippen molar-refractivity contribution in [1.82, 2.24) is 5.32 Å². The van der Waals surface area contributed by atoms with Gasteiger partial charge in [-0.05, 0) is 49.3 Å². The van der Waals surface area contributed by atoms with Gasteiger partial charge in [0.05, 0.1) is 0 Å². The third-order valence-corrected chi connectivity index (χ3v) is 5.08. The fourth-order valence-electron chi connectivity index (χ4n) is 2.44. The van der Waals surface area contributed by atoms with Gasteiger partial charge in [-0.1, -0.05) is 35.3 Å². The fourth-order valence-corrected chi connectivity index (χ4v) is 2.81. The van der Waals surface area contributed by atoms with Crippen molar-refractivity contribution in [3.8, 4) is 0 Å². The predicted octanol–water partition coefficient (Wildman–Crippen LogP) is 4.07. The Labute approximate surface area is 117 Å². The Hall–Kier alpha value is -0.830. The van der Waals surface area contributed by atoms with Crippen molar-refractivity contribution >= 4 is 21.8 Å². The molecule has 1 aromatic carbocycles. The van der Waals surface area contributed by atoms with Gasteiger partial charge < -0.3 is 5.32 Å². The first-order valence-corrected chi connectivity index (χ1v) is 7.40. The van der Waals surface area contributed by atoms with E-state index in [0.29, 0.717) is 5.41 Å². The van der Waals surface area contributed by atoms with Crippen LogP contribution in [0.2, 0.25) is 0 Å². The molecule has 1 N–H and O–H groups in total. The minimum atomic E-state index is 0.0374. The molecule has 98 valence electrons. The second-order valence-electron chi connectivity index (χ2n) is 5.35. The van der Waals surface area contributed by atoms with Crippen LogP contribution >= 0.6 is 15.9 Å². The van der Waals surface area contributed by atoms with E-state index in [-0.39, 0.29) is 5.91 Å². The monoisotopic (exact) mass is 309 g/mol. The topological polar surface area (TPSA) is 29.1 Å². The molecule has 0 spiro atoms. The Morgan fingerprint density at radius 2 is 2.17 bits per heavy atom. The zero-order valence-corrected chi connectivity index (χ0v) is 12.6. The third-order valence-electron chi connectivity index (χ3n) is 4.22. The summed E-state index contributed by atoms with van der Waals surface area (Å²) in [5.74, 6) is 0.0374. The molecule has 1 aliphatic carbocycles. The van der Waals surface area contributed by atoms with Gasteiger partial charge in [0.1, 0.15) is 0 Å². The highest BCUT2D eigenvalue weighted by atomic mass is 79.9. The number of hydrogen-bond acceptors (Lipinski definition) is 1. The molecule has 0 heterocycles. The minimum Gasteiger partial charge on any atom is -0.351 e. The maximum atomic E-state index is 12.1. The first-order valence-electron chi connectivity index (χ1n) is 6.61. The molecule has 18 heavy (non-hydrogen) atoms. The van der Waals surface area contributed by atoms with E-state index >= 15 is 0 Å². The Morgan fingerprint density at radius 3 is 2.67 bits per heavy atom.